The lowest BCUT2D eigenvalue weighted by Crippen LogP contribution is -2.48. The zero-order valence-corrected chi connectivity index (χ0v) is 14.8. The maximum atomic E-state index is 12.6. The number of benzene rings is 1. The molecule has 1 aliphatic rings. The van der Waals surface area contributed by atoms with Gasteiger partial charge in [-0.25, -0.2) is 0 Å². The van der Waals surface area contributed by atoms with Gasteiger partial charge in [-0.1, -0.05) is 34.1 Å². The molecule has 5 nitrogen and oxygen atoms in total. The maximum Gasteiger partial charge on any atom is 0.432 e. The number of hydrogen-bond donors (Lipinski definition) is 1. The molecule has 0 saturated carbocycles. The monoisotopic (exact) mass is 416 g/mol. The van der Waals surface area contributed by atoms with Gasteiger partial charge in [0.05, 0.1) is 0 Å². The lowest BCUT2D eigenvalue weighted by atomic mass is 10.2. The number of nitrogens with one attached hydrogen (secondary N) is 1. The van der Waals surface area contributed by atoms with Crippen LogP contribution in [0.2, 0.25) is 0 Å². The number of halogens is 4. The number of alkyl halides is 3. The molecule has 2 aromatic rings. The fraction of sp³-hybridized carbons (Fsp3) is 0.375. The van der Waals surface area contributed by atoms with Crippen LogP contribution in [-0.2, 0) is 12.7 Å². The van der Waals surface area contributed by atoms with Gasteiger partial charge in [-0.05, 0) is 11.6 Å². The van der Waals surface area contributed by atoms with Gasteiger partial charge in [0.2, 0.25) is 0 Å². The average molecular weight is 417 g/mol. The summed E-state index contributed by atoms with van der Waals surface area (Å²) in [6.07, 6.45) is -4.53. The van der Waals surface area contributed by atoms with Crippen molar-refractivity contribution in [1.29, 1.82) is 0 Å². The maximum absolute atomic E-state index is 12.6. The van der Waals surface area contributed by atoms with Crippen LogP contribution in [0.25, 0.3) is 0 Å². The van der Waals surface area contributed by atoms with Crippen LogP contribution >= 0.6 is 15.9 Å². The van der Waals surface area contributed by atoms with Gasteiger partial charge < -0.3 is 4.90 Å². The zero-order valence-electron chi connectivity index (χ0n) is 13.2. The molecule has 1 saturated heterocycles. The molecule has 0 aliphatic carbocycles. The third-order valence-corrected chi connectivity index (χ3v) is 4.89. The summed E-state index contributed by atoms with van der Waals surface area (Å²) in [7, 11) is 0. The summed E-state index contributed by atoms with van der Waals surface area (Å²) in [5.74, 6) is -0.479. The summed E-state index contributed by atoms with van der Waals surface area (Å²) in [6, 6.07) is 8.68. The predicted octanol–water partition coefficient (Wildman–Crippen LogP) is 3.15. The number of H-pyrrole nitrogens is 1. The van der Waals surface area contributed by atoms with Crippen molar-refractivity contribution in [2.75, 3.05) is 26.2 Å². The lowest BCUT2D eigenvalue weighted by Gasteiger charge is -2.34. The summed E-state index contributed by atoms with van der Waals surface area (Å²) >= 11 is 3.51. The fourth-order valence-corrected chi connectivity index (χ4v) is 3.13. The van der Waals surface area contributed by atoms with Gasteiger partial charge in [0.1, 0.15) is 5.69 Å². The molecule has 134 valence electrons. The van der Waals surface area contributed by atoms with Crippen molar-refractivity contribution >= 4 is 21.8 Å². The Balaban J connectivity index is 1.58. The Kier molecular flexibility index (Phi) is 5.14. The Bertz CT molecular complexity index is 754. The number of amides is 1. The van der Waals surface area contributed by atoms with Crippen LogP contribution in [0.4, 0.5) is 13.2 Å². The summed E-state index contributed by atoms with van der Waals surface area (Å²) in [5, 5.41) is 5.38. The molecule has 0 spiro atoms. The van der Waals surface area contributed by atoms with Crippen LogP contribution in [0.5, 0.6) is 0 Å². The normalized spacial score (nSPS) is 16.2. The van der Waals surface area contributed by atoms with E-state index in [1.807, 2.05) is 29.4 Å². The van der Waals surface area contributed by atoms with E-state index >= 15 is 0 Å². The predicted molar refractivity (Wildman–Crippen MR) is 88.9 cm³/mol. The number of piperazine rings is 1. The SMILES string of the molecule is O=C(c1cc(C(F)(F)F)[nH]n1)N1CCN(Cc2ccccc2Br)CC1. The average Bonchev–Trinajstić information content (AvgIpc) is 3.07. The van der Waals surface area contributed by atoms with Crippen LogP contribution in [-0.4, -0.2) is 52.1 Å². The number of carbonyl (C=O) groups excluding carboxylic acids is 1. The third kappa shape index (κ3) is 4.21. The second-order valence-electron chi connectivity index (χ2n) is 5.82. The Labute approximate surface area is 150 Å². The van der Waals surface area contributed by atoms with Crippen molar-refractivity contribution in [2.45, 2.75) is 12.7 Å². The third-order valence-electron chi connectivity index (χ3n) is 4.11. The van der Waals surface area contributed by atoms with Crippen LogP contribution in [0.15, 0.2) is 34.8 Å². The Morgan fingerprint density at radius 2 is 1.88 bits per heavy atom. The van der Waals surface area contributed by atoms with Gasteiger partial charge in [0, 0.05) is 43.3 Å². The molecule has 25 heavy (non-hydrogen) atoms. The van der Waals surface area contributed by atoms with Gasteiger partial charge in [-0.3, -0.25) is 14.8 Å². The van der Waals surface area contributed by atoms with Gasteiger partial charge in [0.15, 0.2) is 5.69 Å². The van der Waals surface area contributed by atoms with E-state index in [-0.39, 0.29) is 5.69 Å². The minimum atomic E-state index is -4.53. The number of rotatable bonds is 3. The van der Waals surface area contributed by atoms with Gasteiger partial charge in [-0.2, -0.15) is 18.3 Å². The Hall–Kier alpha value is -1.87. The Morgan fingerprint density at radius 3 is 2.48 bits per heavy atom. The van der Waals surface area contributed by atoms with Crippen LogP contribution in [0.1, 0.15) is 21.7 Å². The summed E-state index contributed by atoms with van der Waals surface area (Å²) in [5.41, 5.74) is -0.0561. The largest absolute Gasteiger partial charge is 0.432 e. The number of hydrogen-bond acceptors (Lipinski definition) is 3. The molecule has 0 bridgehead atoms. The second kappa shape index (κ2) is 7.17. The van der Waals surface area contributed by atoms with E-state index in [4.69, 9.17) is 0 Å². The molecule has 1 amide bonds. The standard InChI is InChI=1S/C16H16BrF3N4O/c17-12-4-2-1-3-11(12)10-23-5-7-24(8-6-23)15(25)13-9-14(22-21-13)16(18,19)20/h1-4,9H,5-8,10H2,(H,21,22). The first kappa shape index (κ1) is 17.9. The van der Waals surface area contributed by atoms with E-state index < -0.39 is 17.8 Å². The highest BCUT2D eigenvalue weighted by Crippen LogP contribution is 2.28. The fourth-order valence-electron chi connectivity index (χ4n) is 2.72. The summed E-state index contributed by atoms with van der Waals surface area (Å²) < 4.78 is 38.8. The summed E-state index contributed by atoms with van der Waals surface area (Å²) in [6.45, 7) is 2.98. The van der Waals surface area contributed by atoms with Crippen LogP contribution < -0.4 is 0 Å². The van der Waals surface area contributed by atoms with Crippen LogP contribution in [0.3, 0.4) is 0 Å². The molecule has 2 heterocycles. The molecule has 1 N–H and O–H groups in total. The van der Waals surface area contributed by atoms with Crippen molar-refractivity contribution in [3.8, 4) is 0 Å². The van der Waals surface area contributed by atoms with E-state index in [0.717, 1.165) is 22.6 Å². The molecule has 0 unspecified atom stereocenters. The van der Waals surface area contributed by atoms with Gasteiger partial charge in [0.25, 0.3) is 5.91 Å². The number of carbonyl (C=O) groups is 1. The molecule has 1 aromatic carbocycles. The molecular formula is C16H16BrF3N4O. The van der Waals surface area contributed by atoms with Crippen molar-refractivity contribution in [2.24, 2.45) is 0 Å². The number of aromatic nitrogens is 2. The van der Waals surface area contributed by atoms with Crippen molar-refractivity contribution in [1.82, 2.24) is 20.0 Å². The lowest BCUT2D eigenvalue weighted by molar-refractivity contribution is -0.141. The van der Waals surface area contributed by atoms with E-state index in [0.29, 0.717) is 26.2 Å². The molecule has 1 fully saturated rings. The molecule has 3 rings (SSSR count). The highest BCUT2D eigenvalue weighted by molar-refractivity contribution is 9.10. The van der Waals surface area contributed by atoms with E-state index in [1.165, 1.54) is 4.90 Å². The second-order valence-corrected chi connectivity index (χ2v) is 6.68. The molecule has 1 aromatic heterocycles. The van der Waals surface area contributed by atoms with Crippen molar-refractivity contribution < 1.29 is 18.0 Å². The van der Waals surface area contributed by atoms with Gasteiger partial charge >= 0.3 is 6.18 Å². The van der Waals surface area contributed by atoms with E-state index in [9.17, 15) is 18.0 Å². The first-order chi connectivity index (χ1) is 11.8. The topological polar surface area (TPSA) is 52.2 Å². The van der Waals surface area contributed by atoms with Crippen molar-refractivity contribution in [3.05, 3.63) is 51.8 Å². The molecule has 0 atom stereocenters. The number of aromatic amines is 1. The minimum absolute atomic E-state index is 0.202. The van der Waals surface area contributed by atoms with E-state index in [1.54, 1.807) is 0 Å². The van der Waals surface area contributed by atoms with Crippen LogP contribution in [0, 0.1) is 0 Å². The van der Waals surface area contributed by atoms with E-state index in [2.05, 4.69) is 25.9 Å². The highest BCUT2D eigenvalue weighted by Gasteiger charge is 2.34. The molecular weight excluding hydrogens is 401 g/mol. The minimum Gasteiger partial charge on any atom is -0.335 e. The number of nitrogens with zero attached hydrogens (tertiary/aromatic N) is 3. The Morgan fingerprint density at radius 1 is 1.20 bits per heavy atom. The zero-order chi connectivity index (χ0) is 18.0. The molecule has 0 radical (unpaired) electrons. The quantitative estimate of drug-likeness (QED) is 0.835. The first-order valence-electron chi connectivity index (χ1n) is 7.72. The smallest absolute Gasteiger partial charge is 0.335 e. The first-order valence-corrected chi connectivity index (χ1v) is 8.51. The van der Waals surface area contributed by atoms with Crippen molar-refractivity contribution in [3.63, 3.8) is 0 Å². The molecule has 9 heteroatoms. The molecule has 1 aliphatic heterocycles. The summed E-state index contributed by atoms with van der Waals surface area (Å²) in [4.78, 5) is 16.0. The highest BCUT2D eigenvalue weighted by atomic mass is 79.9. The van der Waals surface area contributed by atoms with Gasteiger partial charge in [-0.15, -0.1) is 0 Å².